The van der Waals surface area contributed by atoms with Gasteiger partial charge in [-0.15, -0.1) is 0 Å². The van der Waals surface area contributed by atoms with Gasteiger partial charge in [0.05, 0.1) is 11.8 Å². The lowest BCUT2D eigenvalue weighted by Crippen LogP contribution is -2.25. The van der Waals surface area contributed by atoms with E-state index in [2.05, 4.69) is 0 Å². The van der Waals surface area contributed by atoms with Crippen LogP contribution in [-0.2, 0) is 9.84 Å². The Bertz CT molecular complexity index is 317. The molecule has 1 rings (SSSR count). The molecule has 1 saturated carbocycles. The Hall–Kier alpha value is -0.600. The molecule has 12 heavy (non-hydrogen) atoms. The molecule has 68 valence electrons. The average molecular weight is 188 g/mol. The van der Waals surface area contributed by atoms with Gasteiger partial charge >= 0.3 is 0 Å². The highest BCUT2D eigenvalue weighted by Gasteiger charge is 2.53. The van der Waals surface area contributed by atoms with Crippen molar-refractivity contribution in [2.75, 3.05) is 11.5 Å². The molecule has 1 fully saturated rings. The third-order valence-corrected chi connectivity index (χ3v) is 4.05. The second-order valence-electron chi connectivity index (χ2n) is 3.25. The number of rotatable bonds is 3. The zero-order valence-corrected chi connectivity index (χ0v) is 7.76. The Morgan fingerprint density at radius 3 is 2.67 bits per heavy atom. The summed E-state index contributed by atoms with van der Waals surface area (Å²) in [6.07, 6.45) is 0.517. The van der Waals surface area contributed by atoms with Gasteiger partial charge in [0.15, 0.2) is 0 Å². The van der Waals surface area contributed by atoms with Gasteiger partial charge in [-0.05, 0) is 6.42 Å². The quantitative estimate of drug-likeness (QED) is 0.656. The van der Waals surface area contributed by atoms with Crippen LogP contribution < -0.4 is 5.73 Å². The predicted molar refractivity (Wildman–Crippen MR) is 45.0 cm³/mol. The Kier molecular flexibility index (Phi) is 2.15. The van der Waals surface area contributed by atoms with Gasteiger partial charge in [-0.1, -0.05) is 6.92 Å². The fourth-order valence-electron chi connectivity index (χ4n) is 1.12. The van der Waals surface area contributed by atoms with Crippen molar-refractivity contribution in [1.29, 1.82) is 5.26 Å². The van der Waals surface area contributed by atoms with Crippen LogP contribution in [0.3, 0.4) is 0 Å². The van der Waals surface area contributed by atoms with Gasteiger partial charge in [0, 0.05) is 11.7 Å². The second-order valence-corrected chi connectivity index (χ2v) is 5.65. The fraction of sp³-hybridized carbons (Fsp3) is 0.857. The van der Waals surface area contributed by atoms with Crippen molar-refractivity contribution < 1.29 is 8.42 Å². The van der Waals surface area contributed by atoms with E-state index >= 15 is 0 Å². The Morgan fingerprint density at radius 1 is 1.75 bits per heavy atom. The molecule has 1 aliphatic carbocycles. The number of sulfone groups is 1. The van der Waals surface area contributed by atoms with E-state index in [1.807, 2.05) is 6.07 Å². The third kappa shape index (κ3) is 1.76. The highest BCUT2D eigenvalue weighted by molar-refractivity contribution is 7.91. The maximum Gasteiger partial charge on any atom is 0.150 e. The van der Waals surface area contributed by atoms with Gasteiger partial charge < -0.3 is 5.73 Å². The zero-order valence-electron chi connectivity index (χ0n) is 6.95. The Morgan fingerprint density at radius 2 is 2.33 bits per heavy atom. The average Bonchev–Trinajstić information content (AvgIpc) is 2.62. The zero-order chi connectivity index (χ0) is 9.41. The van der Waals surface area contributed by atoms with E-state index in [9.17, 15) is 8.42 Å². The molecule has 0 aromatic carbocycles. The summed E-state index contributed by atoms with van der Waals surface area (Å²) in [5, 5.41) is 8.54. The van der Waals surface area contributed by atoms with Gasteiger partial charge in [0.25, 0.3) is 0 Å². The van der Waals surface area contributed by atoms with Crippen molar-refractivity contribution in [3.63, 3.8) is 0 Å². The maximum atomic E-state index is 11.1. The van der Waals surface area contributed by atoms with Crippen LogP contribution in [0.5, 0.6) is 0 Å². The molecule has 0 radical (unpaired) electrons. The van der Waals surface area contributed by atoms with Crippen LogP contribution in [0.1, 0.15) is 13.3 Å². The third-order valence-electron chi connectivity index (χ3n) is 2.26. The van der Waals surface area contributed by atoms with E-state index in [0.717, 1.165) is 0 Å². The minimum absolute atomic E-state index is 0.0631. The van der Waals surface area contributed by atoms with E-state index < -0.39 is 15.4 Å². The summed E-state index contributed by atoms with van der Waals surface area (Å²) in [7, 11) is -2.97. The molecule has 0 saturated heterocycles. The van der Waals surface area contributed by atoms with Gasteiger partial charge in [-0.25, -0.2) is 8.42 Å². The molecule has 0 amide bonds. The summed E-state index contributed by atoms with van der Waals surface area (Å²) in [5.74, 6) is 0.0471. The molecule has 0 aliphatic heterocycles. The van der Waals surface area contributed by atoms with Gasteiger partial charge in [0.1, 0.15) is 15.4 Å². The van der Waals surface area contributed by atoms with E-state index in [1.165, 1.54) is 0 Å². The van der Waals surface area contributed by atoms with Crippen LogP contribution in [0.25, 0.3) is 0 Å². The van der Waals surface area contributed by atoms with E-state index in [-0.39, 0.29) is 17.4 Å². The predicted octanol–water partition coefficient (Wildman–Crippen LogP) is -0.338. The van der Waals surface area contributed by atoms with Crippen LogP contribution in [0.15, 0.2) is 0 Å². The van der Waals surface area contributed by atoms with Crippen molar-refractivity contribution in [2.45, 2.75) is 18.9 Å². The first-order valence-corrected chi connectivity index (χ1v) is 5.66. The number of nitriles is 1. The smallest absolute Gasteiger partial charge is 0.150 e. The summed E-state index contributed by atoms with van der Waals surface area (Å²) in [5.41, 5.74) is 4.67. The summed E-state index contributed by atoms with van der Waals surface area (Å²) in [6, 6.07) is 1.93. The SMILES string of the molecule is CCS(=O)(=O)C[C@@H]1C[C@]1(N)C#N. The standard InChI is InChI=1S/C7H12N2O2S/c1-2-12(10,11)4-6-3-7(6,9)5-8/h6H,2-4,9H2,1H3/t6-,7-/m0/s1. The molecule has 0 unspecified atom stereocenters. The monoisotopic (exact) mass is 188 g/mol. The molecule has 0 bridgehead atoms. The number of hydrogen-bond acceptors (Lipinski definition) is 4. The van der Waals surface area contributed by atoms with E-state index in [4.69, 9.17) is 11.0 Å². The molecule has 4 nitrogen and oxygen atoms in total. The van der Waals surface area contributed by atoms with Crippen LogP contribution >= 0.6 is 0 Å². The summed E-state index contributed by atoms with van der Waals surface area (Å²) in [4.78, 5) is 0. The van der Waals surface area contributed by atoms with Crippen LogP contribution in [-0.4, -0.2) is 25.5 Å². The van der Waals surface area contributed by atoms with Crippen LogP contribution in [0, 0.1) is 17.2 Å². The lowest BCUT2D eigenvalue weighted by Gasteiger charge is -2.00. The highest BCUT2D eigenvalue weighted by Crippen LogP contribution is 2.41. The highest BCUT2D eigenvalue weighted by atomic mass is 32.2. The molecule has 5 heteroatoms. The van der Waals surface area contributed by atoms with E-state index in [0.29, 0.717) is 6.42 Å². The fourth-order valence-corrected chi connectivity index (χ4v) is 2.38. The Balaban J connectivity index is 2.55. The lowest BCUT2D eigenvalue weighted by atomic mass is 10.3. The molecule has 0 heterocycles. The van der Waals surface area contributed by atoms with Crippen molar-refractivity contribution in [3.8, 4) is 6.07 Å². The Labute approximate surface area is 72.3 Å². The molecule has 2 atom stereocenters. The van der Waals surface area contributed by atoms with Crippen molar-refractivity contribution in [2.24, 2.45) is 11.7 Å². The molecule has 0 spiro atoms. The van der Waals surface area contributed by atoms with Gasteiger partial charge in [-0.3, -0.25) is 0 Å². The summed E-state index contributed by atoms with van der Waals surface area (Å²) < 4.78 is 22.2. The molecule has 0 aromatic rings. The molecule has 2 N–H and O–H groups in total. The lowest BCUT2D eigenvalue weighted by molar-refractivity contribution is 0.590. The van der Waals surface area contributed by atoms with Crippen LogP contribution in [0.2, 0.25) is 0 Å². The molecule has 1 aliphatic rings. The van der Waals surface area contributed by atoms with Crippen molar-refractivity contribution in [1.82, 2.24) is 0 Å². The number of nitrogens with zero attached hydrogens (tertiary/aromatic N) is 1. The first-order valence-electron chi connectivity index (χ1n) is 3.84. The van der Waals surface area contributed by atoms with Crippen LogP contribution in [0.4, 0.5) is 0 Å². The van der Waals surface area contributed by atoms with Gasteiger partial charge in [-0.2, -0.15) is 5.26 Å². The number of hydrogen-bond donors (Lipinski definition) is 1. The molecular formula is C7H12N2O2S. The largest absolute Gasteiger partial charge is 0.313 e. The second kappa shape index (κ2) is 2.71. The van der Waals surface area contributed by atoms with Crippen molar-refractivity contribution >= 4 is 9.84 Å². The first-order chi connectivity index (χ1) is 5.43. The van der Waals surface area contributed by atoms with Crippen molar-refractivity contribution in [3.05, 3.63) is 0 Å². The minimum atomic E-state index is -2.97. The van der Waals surface area contributed by atoms with Gasteiger partial charge in [0.2, 0.25) is 0 Å². The molecular weight excluding hydrogens is 176 g/mol. The number of nitrogens with two attached hydrogens (primary N) is 1. The topological polar surface area (TPSA) is 83.9 Å². The summed E-state index contributed by atoms with van der Waals surface area (Å²) in [6.45, 7) is 1.60. The molecule has 0 aromatic heterocycles. The van der Waals surface area contributed by atoms with E-state index in [1.54, 1.807) is 6.92 Å². The summed E-state index contributed by atoms with van der Waals surface area (Å²) >= 11 is 0. The maximum absolute atomic E-state index is 11.1. The first kappa shape index (κ1) is 9.49. The minimum Gasteiger partial charge on any atom is -0.313 e. The normalized spacial score (nSPS) is 34.2.